The number of carbonyl (C=O) groups is 1. The first-order chi connectivity index (χ1) is 6.49. The summed E-state index contributed by atoms with van der Waals surface area (Å²) in [4.78, 5) is 14.9. The third-order valence-electron chi connectivity index (χ3n) is 2.17. The fourth-order valence-corrected chi connectivity index (χ4v) is 2.38. The molecule has 0 aromatic heterocycles. The Morgan fingerprint density at radius 3 is 2.43 bits per heavy atom. The summed E-state index contributed by atoms with van der Waals surface area (Å²) in [6.45, 7) is 6.35. The van der Waals surface area contributed by atoms with E-state index in [0.29, 0.717) is 28.4 Å². The van der Waals surface area contributed by atoms with E-state index >= 15 is 0 Å². The van der Waals surface area contributed by atoms with E-state index in [1.807, 2.05) is 20.8 Å². The van der Waals surface area contributed by atoms with Gasteiger partial charge in [0.1, 0.15) is 0 Å². The zero-order valence-electron chi connectivity index (χ0n) is 8.59. The Bertz CT molecular complexity index is 340. The first kappa shape index (κ1) is 11.5. The molecule has 76 valence electrons. The fourth-order valence-electron chi connectivity index (χ4n) is 1.50. The predicted molar refractivity (Wildman–Crippen MR) is 65.6 cm³/mol. The van der Waals surface area contributed by atoms with E-state index in [0.717, 1.165) is 5.57 Å². The van der Waals surface area contributed by atoms with Gasteiger partial charge in [-0.05, 0) is 20.8 Å². The highest BCUT2D eigenvalue weighted by molar-refractivity contribution is 7.82. The molecule has 0 N–H and O–H groups in total. The van der Waals surface area contributed by atoms with E-state index in [4.69, 9.17) is 24.4 Å². The van der Waals surface area contributed by atoms with E-state index in [2.05, 4.69) is 0 Å². The predicted octanol–water partition coefficient (Wildman–Crippen LogP) is 2.27. The smallest absolute Gasteiger partial charge is 0.259 e. The van der Waals surface area contributed by atoms with Crippen molar-refractivity contribution in [2.45, 2.75) is 27.2 Å². The van der Waals surface area contributed by atoms with Crippen LogP contribution in [-0.4, -0.2) is 27.2 Å². The van der Waals surface area contributed by atoms with Gasteiger partial charge in [-0.3, -0.25) is 4.79 Å². The normalized spacial score (nSPS) is 17.8. The number of allylic oxidation sites excluding steroid dienone is 1. The lowest BCUT2D eigenvalue weighted by molar-refractivity contribution is -0.123. The number of nitrogens with zero attached hydrogens (tertiary/aromatic N) is 1. The van der Waals surface area contributed by atoms with Crippen molar-refractivity contribution >= 4 is 40.2 Å². The van der Waals surface area contributed by atoms with E-state index < -0.39 is 0 Å². The SMILES string of the molecule is CCN1C(=O)C(=C(C)C)C(=S)CC1=S. The third kappa shape index (κ3) is 1.91. The average molecular weight is 227 g/mol. The van der Waals surface area contributed by atoms with E-state index in [-0.39, 0.29) is 5.91 Å². The van der Waals surface area contributed by atoms with Gasteiger partial charge in [0.25, 0.3) is 5.91 Å². The molecule has 0 aromatic rings. The van der Waals surface area contributed by atoms with Crippen LogP contribution in [0.4, 0.5) is 0 Å². The highest BCUT2D eigenvalue weighted by atomic mass is 32.1. The second-order valence-corrected chi connectivity index (χ2v) is 4.38. The summed E-state index contributed by atoms with van der Waals surface area (Å²) in [5, 5.41) is 0. The lowest BCUT2D eigenvalue weighted by Gasteiger charge is -2.29. The molecule has 1 heterocycles. The zero-order chi connectivity index (χ0) is 10.9. The number of carbonyl (C=O) groups excluding carboxylic acids is 1. The monoisotopic (exact) mass is 227 g/mol. The Morgan fingerprint density at radius 2 is 2.00 bits per heavy atom. The molecule has 0 radical (unpaired) electrons. The van der Waals surface area contributed by atoms with Gasteiger partial charge in [-0.2, -0.15) is 0 Å². The van der Waals surface area contributed by atoms with E-state index in [9.17, 15) is 4.79 Å². The van der Waals surface area contributed by atoms with Gasteiger partial charge >= 0.3 is 0 Å². The lowest BCUT2D eigenvalue weighted by atomic mass is 9.99. The van der Waals surface area contributed by atoms with Crippen LogP contribution < -0.4 is 0 Å². The minimum atomic E-state index is -0.0336. The lowest BCUT2D eigenvalue weighted by Crippen LogP contribution is -2.43. The standard InChI is InChI=1S/C10H13NOS2/c1-4-11-8(14)5-7(13)9(6(2)3)10(11)12/h4-5H2,1-3H3. The van der Waals surface area contributed by atoms with Crippen molar-refractivity contribution in [3.05, 3.63) is 11.1 Å². The Balaban J connectivity index is 3.13. The molecule has 0 bridgehead atoms. The molecule has 1 amide bonds. The van der Waals surface area contributed by atoms with Crippen LogP contribution in [0.5, 0.6) is 0 Å². The van der Waals surface area contributed by atoms with E-state index in [1.54, 1.807) is 4.90 Å². The molecule has 1 aliphatic rings. The molecule has 0 atom stereocenters. The quantitative estimate of drug-likeness (QED) is 0.506. The summed E-state index contributed by atoms with van der Waals surface area (Å²) in [7, 11) is 0. The van der Waals surface area contributed by atoms with Crippen molar-refractivity contribution in [1.82, 2.24) is 4.90 Å². The topological polar surface area (TPSA) is 20.3 Å². The second-order valence-electron chi connectivity index (χ2n) is 3.42. The molecule has 1 fully saturated rings. The molecule has 14 heavy (non-hydrogen) atoms. The van der Waals surface area contributed by atoms with E-state index in [1.165, 1.54) is 0 Å². The van der Waals surface area contributed by atoms with Gasteiger partial charge in [-0.15, -0.1) is 0 Å². The molecule has 1 aliphatic heterocycles. The van der Waals surface area contributed by atoms with Crippen molar-refractivity contribution in [2.75, 3.05) is 6.54 Å². The molecule has 0 aromatic carbocycles. The number of rotatable bonds is 1. The molecule has 0 aliphatic carbocycles. The summed E-state index contributed by atoms with van der Waals surface area (Å²) in [6, 6.07) is 0. The first-order valence-electron chi connectivity index (χ1n) is 4.54. The summed E-state index contributed by atoms with van der Waals surface area (Å²) in [6.07, 6.45) is 0.560. The van der Waals surface area contributed by atoms with Gasteiger partial charge in [-0.1, -0.05) is 30.0 Å². The number of piperidine rings is 1. The summed E-state index contributed by atoms with van der Waals surface area (Å²) in [5.41, 5.74) is 1.65. The van der Waals surface area contributed by atoms with Crippen LogP contribution >= 0.6 is 24.4 Å². The molecule has 0 spiro atoms. The molecule has 2 nitrogen and oxygen atoms in total. The molecule has 4 heteroatoms. The van der Waals surface area contributed by atoms with Crippen LogP contribution in [0.1, 0.15) is 27.2 Å². The van der Waals surface area contributed by atoms with Gasteiger partial charge < -0.3 is 4.90 Å². The molecular weight excluding hydrogens is 214 g/mol. The van der Waals surface area contributed by atoms with Gasteiger partial charge in [0, 0.05) is 17.8 Å². The molecule has 0 saturated carbocycles. The van der Waals surface area contributed by atoms with Crippen molar-refractivity contribution in [1.29, 1.82) is 0 Å². The third-order valence-corrected chi connectivity index (χ3v) is 2.88. The van der Waals surface area contributed by atoms with Gasteiger partial charge in [0.15, 0.2) is 0 Å². The van der Waals surface area contributed by atoms with Crippen LogP contribution in [-0.2, 0) is 4.79 Å². The van der Waals surface area contributed by atoms with Crippen molar-refractivity contribution in [3.8, 4) is 0 Å². The van der Waals surface area contributed by atoms with Crippen LogP contribution in [0.2, 0.25) is 0 Å². The fraction of sp³-hybridized carbons (Fsp3) is 0.500. The summed E-state index contributed by atoms with van der Waals surface area (Å²) >= 11 is 10.3. The summed E-state index contributed by atoms with van der Waals surface area (Å²) in [5.74, 6) is -0.0336. The highest BCUT2D eigenvalue weighted by Gasteiger charge is 2.30. The number of likely N-dealkylation sites (tertiary alicyclic amines) is 1. The molecule has 1 rings (SSSR count). The first-order valence-corrected chi connectivity index (χ1v) is 5.36. The van der Waals surface area contributed by atoms with Crippen LogP contribution in [0.3, 0.4) is 0 Å². The highest BCUT2D eigenvalue weighted by Crippen LogP contribution is 2.20. The minimum Gasteiger partial charge on any atom is -0.302 e. The maximum Gasteiger partial charge on any atom is 0.259 e. The number of hydrogen-bond donors (Lipinski definition) is 0. The van der Waals surface area contributed by atoms with Crippen LogP contribution in [0.15, 0.2) is 11.1 Å². The Morgan fingerprint density at radius 1 is 1.43 bits per heavy atom. The number of hydrogen-bond acceptors (Lipinski definition) is 3. The minimum absolute atomic E-state index is 0.0336. The molecular formula is C10H13NOS2. The zero-order valence-corrected chi connectivity index (χ0v) is 10.2. The van der Waals surface area contributed by atoms with Crippen molar-refractivity contribution in [2.24, 2.45) is 0 Å². The maximum absolute atomic E-state index is 11.9. The van der Waals surface area contributed by atoms with Crippen LogP contribution in [0.25, 0.3) is 0 Å². The maximum atomic E-state index is 11.9. The second kappa shape index (κ2) is 4.28. The average Bonchev–Trinajstić information content (AvgIpc) is 2.02. The molecule has 1 saturated heterocycles. The van der Waals surface area contributed by atoms with Crippen molar-refractivity contribution < 1.29 is 4.79 Å². The summed E-state index contributed by atoms with van der Waals surface area (Å²) < 4.78 is 0. The van der Waals surface area contributed by atoms with Gasteiger partial charge in [-0.25, -0.2) is 0 Å². The van der Waals surface area contributed by atoms with Gasteiger partial charge in [0.05, 0.1) is 10.6 Å². The van der Waals surface area contributed by atoms with Crippen molar-refractivity contribution in [3.63, 3.8) is 0 Å². The number of likely N-dealkylation sites (N-methyl/N-ethyl adjacent to an activating group) is 1. The number of thiocarbonyl (C=S) groups is 2. The van der Waals surface area contributed by atoms with Crippen LogP contribution in [0, 0.1) is 0 Å². The Kier molecular flexibility index (Phi) is 3.50. The largest absolute Gasteiger partial charge is 0.302 e. The molecule has 0 unspecified atom stereocenters. The number of amides is 1. The Hall–Kier alpha value is -0.610. The Labute approximate surface area is 95.0 Å². The van der Waals surface area contributed by atoms with Gasteiger partial charge in [0.2, 0.25) is 0 Å².